The van der Waals surface area contributed by atoms with Gasteiger partial charge in [-0.3, -0.25) is 4.84 Å². The molecular formula is C5H11ClN2O. The fourth-order valence-corrected chi connectivity index (χ4v) is 1.21. The first-order chi connectivity index (χ1) is 3.95. The molecular weight excluding hydrogens is 140 g/mol. The van der Waals surface area contributed by atoms with Crippen LogP contribution in [0.15, 0.2) is 0 Å². The average Bonchev–Trinajstić information content (AvgIpc) is 2.12. The summed E-state index contributed by atoms with van der Waals surface area (Å²) in [4.78, 5) is 5.32. The van der Waals surface area contributed by atoms with Crippen LogP contribution in [0.1, 0.15) is 12.8 Å². The fraction of sp³-hybridized carbons (Fsp3) is 1.00. The first-order valence-corrected chi connectivity index (χ1v) is 3.13. The number of hydrogen-bond donors (Lipinski definition) is 1. The largest absolute Gasteiger partial charge is 0.281 e. The van der Waals surface area contributed by atoms with Gasteiger partial charge in [0.1, 0.15) is 0 Å². The monoisotopic (exact) mass is 150 g/mol. The predicted octanol–water partition coefficient (Wildman–Crippen LogP) is 0.322. The van der Waals surface area contributed by atoms with Crippen molar-refractivity contribution in [1.82, 2.24) is 10.6 Å². The Hall–Kier alpha value is 0.170. The molecule has 4 heteroatoms. The molecule has 0 spiro atoms. The summed E-state index contributed by atoms with van der Waals surface area (Å²) in [7, 11) is 0. The summed E-state index contributed by atoms with van der Waals surface area (Å²) in [6.07, 6.45) is 2.90. The molecule has 2 bridgehead atoms. The topological polar surface area (TPSA) is 24.5 Å². The Bertz CT molecular complexity index is 87.0. The molecule has 9 heavy (non-hydrogen) atoms. The second-order valence-electron chi connectivity index (χ2n) is 2.31. The third-order valence-electron chi connectivity index (χ3n) is 1.68. The normalized spacial score (nSPS) is 40.0. The maximum Gasteiger partial charge on any atom is 0.0836 e. The summed E-state index contributed by atoms with van der Waals surface area (Å²) in [6.45, 7) is 2.15. The van der Waals surface area contributed by atoms with Crippen LogP contribution in [0.4, 0.5) is 0 Å². The zero-order valence-corrected chi connectivity index (χ0v) is 5.99. The molecule has 2 fully saturated rings. The van der Waals surface area contributed by atoms with Gasteiger partial charge in [-0.05, 0) is 12.8 Å². The van der Waals surface area contributed by atoms with E-state index in [4.69, 9.17) is 4.84 Å². The van der Waals surface area contributed by atoms with Crippen molar-refractivity contribution in [2.24, 2.45) is 0 Å². The summed E-state index contributed by atoms with van der Waals surface area (Å²) in [5.74, 6) is 0. The van der Waals surface area contributed by atoms with Crippen molar-refractivity contribution in [3.63, 3.8) is 0 Å². The fourth-order valence-electron chi connectivity index (χ4n) is 1.21. The van der Waals surface area contributed by atoms with Crippen LogP contribution < -0.4 is 5.43 Å². The Balaban J connectivity index is 0.000000405. The van der Waals surface area contributed by atoms with E-state index >= 15 is 0 Å². The van der Waals surface area contributed by atoms with Gasteiger partial charge >= 0.3 is 0 Å². The van der Waals surface area contributed by atoms with Crippen molar-refractivity contribution in [2.45, 2.75) is 18.9 Å². The lowest BCUT2D eigenvalue weighted by Gasteiger charge is -2.22. The molecule has 0 aromatic rings. The van der Waals surface area contributed by atoms with E-state index in [0.717, 1.165) is 13.1 Å². The average molecular weight is 151 g/mol. The Morgan fingerprint density at radius 3 is 3.00 bits per heavy atom. The molecule has 2 saturated heterocycles. The Morgan fingerprint density at radius 2 is 2.33 bits per heavy atom. The predicted molar refractivity (Wildman–Crippen MR) is 36.1 cm³/mol. The lowest BCUT2D eigenvalue weighted by molar-refractivity contribution is -0.204. The molecule has 2 aliphatic heterocycles. The zero-order chi connectivity index (χ0) is 5.40. The highest BCUT2D eigenvalue weighted by Gasteiger charge is 2.26. The molecule has 2 rings (SSSR count). The smallest absolute Gasteiger partial charge is 0.0836 e. The SMILES string of the molecule is C1CC2CCN(N1)O2.Cl. The lowest BCUT2D eigenvalue weighted by Crippen LogP contribution is -2.40. The van der Waals surface area contributed by atoms with E-state index in [9.17, 15) is 0 Å². The summed E-state index contributed by atoms with van der Waals surface area (Å²) in [5.41, 5.74) is 3.12. The van der Waals surface area contributed by atoms with Crippen molar-refractivity contribution in [3.8, 4) is 0 Å². The van der Waals surface area contributed by atoms with Gasteiger partial charge in [0, 0.05) is 13.1 Å². The highest BCUT2D eigenvalue weighted by Crippen LogP contribution is 2.17. The number of fused-ring (bicyclic) bond motifs is 2. The van der Waals surface area contributed by atoms with Crippen LogP contribution >= 0.6 is 12.4 Å². The van der Waals surface area contributed by atoms with Crippen molar-refractivity contribution in [1.29, 1.82) is 0 Å². The first-order valence-electron chi connectivity index (χ1n) is 3.13. The van der Waals surface area contributed by atoms with Crippen LogP contribution in [0.25, 0.3) is 0 Å². The Labute approximate surface area is 60.7 Å². The third-order valence-corrected chi connectivity index (χ3v) is 1.68. The van der Waals surface area contributed by atoms with Gasteiger partial charge in [0.15, 0.2) is 0 Å². The number of nitrogens with one attached hydrogen (secondary N) is 1. The zero-order valence-electron chi connectivity index (χ0n) is 5.17. The van der Waals surface area contributed by atoms with E-state index in [1.165, 1.54) is 12.8 Å². The minimum Gasteiger partial charge on any atom is -0.281 e. The number of hydroxylamine groups is 1. The molecule has 0 aromatic heterocycles. The lowest BCUT2D eigenvalue weighted by atomic mass is 10.2. The minimum absolute atomic E-state index is 0. The van der Waals surface area contributed by atoms with Gasteiger partial charge < -0.3 is 0 Å². The second-order valence-corrected chi connectivity index (χ2v) is 2.31. The molecule has 0 aromatic carbocycles. The van der Waals surface area contributed by atoms with Crippen LogP contribution in [-0.2, 0) is 4.84 Å². The van der Waals surface area contributed by atoms with E-state index in [0.29, 0.717) is 6.10 Å². The van der Waals surface area contributed by atoms with Gasteiger partial charge in [0.05, 0.1) is 6.10 Å². The van der Waals surface area contributed by atoms with Crippen molar-refractivity contribution >= 4 is 12.4 Å². The van der Waals surface area contributed by atoms with E-state index in [1.54, 1.807) is 0 Å². The number of hydrazine groups is 1. The van der Waals surface area contributed by atoms with Crippen LogP contribution in [0, 0.1) is 0 Å². The van der Waals surface area contributed by atoms with Gasteiger partial charge in [-0.15, -0.1) is 17.6 Å². The molecule has 2 heterocycles. The van der Waals surface area contributed by atoms with Crippen molar-refractivity contribution in [2.75, 3.05) is 13.1 Å². The maximum atomic E-state index is 5.32. The Morgan fingerprint density at radius 1 is 1.44 bits per heavy atom. The molecule has 2 atom stereocenters. The van der Waals surface area contributed by atoms with E-state index in [1.807, 2.05) is 5.17 Å². The van der Waals surface area contributed by atoms with E-state index < -0.39 is 0 Å². The molecule has 0 amide bonds. The maximum absolute atomic E-state index is 5.32. The molecule has 0 saturated carbocycles. The summed E-state index contributed by atoms with van der Waals surface area (Å²) < 4.78 is 0. The number of halogens is 1. The van der Waals surface area contributed by atoms with Gasteiger partial charge in [0.2, 0.25) is 0 Å². The van der Waals surface area contributed by atoms with Gasteiger partial charge in [-0.25, -0.2) is 5.43 Å². The molecule has 0 radical (unpaired) electrons. The van der Waals surface area contributed by atoms with E-state index in [2.05, 4.69) is 5.43 Å². The molecule has 2 aliphatic rings. The van der Waals surface area contributed by atoms with Gasteiger partial charge in [-0.2, -0.15) is 0 Å². The summed E-state index contributed by atoms with van der Waals surface area (Å²) in [5, 5.41) is 1.84. The standard InChI is InChI=1S/C5H10N2O.ClH/c1-3-6-7-4-2-5(1)8-7;/h5-6H,1-4H2;1H. The molecule has 3 nitrogen and oxygen atoms in total. The van der Waals surface area contributed by atoms with Crippen LogP contribution in [0.3, 0.4) is 0 Å². The van der Waals surface area contributed by atoms with Gasteiger partial charge in [0.25, 0.3) is 0 Å². The van der Waals surface area contributed by atoms with E-state index in [-0.39, 0.29) is 12.4 Å². The number of rotatable bonds is 0. The summed E-state index contributed by atoms with van der Waals surface area (Å²) >= 11 is 0. The first kappa shape index (κ1) is 7.28. The highest BCUT2D eigenvalue weighted by molar-refractivity contribution is 5.85. The van der Waals surface area contributed by atoms with Crippen molar-refractivity contribution < 1.29 is 4.84 Å². The summed E-state index contributed by atoms with van der Waals surface area (Å²) in [6, 6.07) is 0. The third kappa shape index (κ3) is 1.35. The van der Waals surface area contributed by atoms with Crippen molar-refractivity contribution in [3.05, 3.63) is 0 Å². The molecule has 1 N–H and O–H groups in total. The quantitative estimate of drug-likeness (QED) is 0.539. The number of nitrogens with zero attached hydrogens (tertiary/aromatic N) is 1. The van der Waals surface area contributed by atoms with Crippen LogP contribution in [0.5, 0.6) is 0 Å². The number of hydrogen-bond acceptors (Lipinski definition) is 3. The molecule has 0 aliphatic carbocycles. The Kier molecular flexibility index (Phi) is 2.29. The van der Waals surface area contributed by atoms with Gasteiger partial charge in [-0.1, -0.05) is 0 Å². The minimum atomic E-state index is 0. The van der Waals surface area contributed by atoms with Crippen LogP contribution in [-0.4, -0.2) is 24.4 Å². The molecule has 54 valence electrons. The highest BCUT2D eigenvalue weighted by atomic mass is 35.5. The van der Waals surface area contributed by atoms with Crippen LogP contribution in [0.2, 0.25) is 0 Å². The second kappa shape index (κ2) is 2.84. The molecule has 2 unspecified atom stereocenters.